The normalized spacial score (nSPS) is 21.1. The van der Waals surface area contributed by atoms with Crippen LogP contribution in [-0.4, -0.2) is 24.5 Å². The minimum absolute atomic E-state index is 0.195. The van der Waals surface area contributed by atoms with Crippen LogP contribution >= 0.6 is 0 Å². The maximum Gasteiger partial charge on any atom is 0.221 e. The van der Waals surface area contributed by atoms with Gasteiger partial charge in [0.25, 0.3) is 0 Å². The maximum atomic E-state index is 11.9. The van der Waals surface area contributed by atoms with Crippen molar-refractivity contribution in [1.29, 1.82) is 0 Å². The predicted octanol–water partition coefficient (Wildman–Crippen LogP) is 2.85. The van der Waals surface area contributed by atoms with Gasteiger partial charge in [-0.25, -0.2) is 0 Å². The first-order valence-corrected chi connectivity index (χ1v) is 7.66. The van der Waals surface area contributed by atoms with Crippen LogP contribution in [-0.2, 0) is 4.79 Å². The molecule has 1 aliphatic carbocycles. The van der Waals surface area contributed by atoms with Gasteiger partial charge in [-0.3, -0.25) is 4.79 Å². The Morgan fingerprint density at radius 1 is 1.17 bits per heavy atom. The highest BCUT2D eigenvalue weighted by molar-refractivity contribution is 5.76. The van der Waals surface area contributed by atoms with Crippen LogP contribution in [0.15, 0.2) is 0 Å². The van der Waals surface area contributed by atoms with Gasteiger partial charge < -0.3 is 10.6 Å². The molecule has 18 heavy (non-hydrogen) atoms. The van der Waals surface area contributed by atoms with Crippen LogP contribution in [0, 0.1) is 5.92 Å². The van der Waals surface area contributed by atoms with Crippen molar-refractivity contribution in [2.75, 3.05) is 6.54 Å². The summed E-state index contributed by atoms with van der Waals surface area (Å²) >= 11 is 0. The quantitative estimate of drug-likeness (QED) is 0.716. The molecule has 3 heteroatoms. The molecule has 1 saturated carbocycles. The van der Waals surface area contributed by atoms with E-state index >= 15 is 0 Å². The Morgan fingerprint density at radius 3 is 2.33 bits per heavy atom. The van der Waals surface area contributed by atoms with Gasteiger partial charge in [-0.1, -0.05) is 32.6 Å². The average Bonchev–Trinajstić information content (AvgIpc) is 2.57. The molecule has 106 valence electrons. The molecule has 3 nitrogen and oxygen atoms in total. The summed E-state index contributed by atoms with van der Waals surface area (Å²) in [5.74, 6) is 0.881. The Morgan fingerprint density at radius 2 is 1.78 bits per heavy atom. The Kier molecular flexibility index (Phi) is 7.33. The van der Waals surface area contributed by atoms with Crippen LogP contribution in [0.1, 0.15) is 65.7 Å². The Hall–Kier alpha value is -0.570. The Bertz CT molecular complexity index is 235. The van der Waals surface area contributed by atoms with Crippen molar-refractivity contribution in [2.24, 2.45) is 5.92 Å². The lowest BCUT2D eigenvalue weighted by Gasteiger charge is -2.24. The zero-order chi connectivity index (χ0) is 13.4. The molecule has 1 fully saturated rings. The van der Waals surface area contributed by atoms with Crippen LogP contribution < -0.4 is 10.6 Å². The standard InChI is InChI=1S/C15H30N2O/c1-4-16-12(2)11-15(18)17-13(3)14-9-7-5-6-8-10-14/h12-14,16H,4-11H2,1-3H3,(H,17,18)/t12?,13-/m1/s1. The molecule has 1 amide bonds. The van der Waals surface area contributed by atoms with Crippen molar-refractivity contribution in [3.05, 3.63) is 0 Å². The van der Waals surface area contributed by atoms with Gasteiger partial charge in [-0.15, -0.1) is 0 Å². The van der Waals surface area contributed by atoms with Crippen LogP contribution in [0.3, 0.4) is 0 Å². The summed E-state index contributed by atoms with van der Waals surface area (Å²) in [4.78, 5) is 11.9. The van der Waals surface area contributed by atoms with Gasteiger partial charge in [-0.05, 0) is 39.2 Å². The molecule has 0 aromatic carbocycles. The molecule has 1 rings (SSSR count). The fourth-order valence-electron chi connectivity index (χ4n) is 2.94. The van der Waals surface area contributed by atoms with Crippen molar-refractivity contribution >= 4 is 5.91 Å². The van der Waals surface area contributed by atoms with Gasteiger partial charge >= 0.3 is 0 Å². The lowest BCUT2D eigenvalue weighted by Crippen LogP contribution is -2.41. The predicted molar refractivity (Wildman–Crippen MR) is 76.6 cm³/mol. The highest BCUT2D eigenvalue weighted by Gasteiger charge is 2.20. The first-order chi connectivity index (χ1) is 8.63. The summed E-state index contributed by atoms with van der Waals surface area (Å²) in [7, 11) is 0. The number of nitrogens with one attached hydrogen (secondary N) is 2. The number of hydrogen-bond donors (Lipinski definition) is 2. The van der Waals surface area contributed by atoms with E-state index in [9.17, 15) is 4.79 Å². The Labute approximate surface area is 112 Å². The lowest BCUT2D eigenvalue weighted by atomic mass is 9.93. The van der Waals surface area contributed by atoms with Gasteiger partial charge in [0.1, 0.15) is 0 Å². The minimum atomic E-state index is 0.195. The van der Waals surface area contributed by atoms with Gasteiger partial charge in [0, 0.05) is 18.5 Å². The summed E-state index contributed by atoms with van der Waals surface area (Å²) < 4.78 is 0. The van der Waals surface area contributed by atoms with E-state index in [0.717, 1.165) is 6.54 Å². The molecule has 0 aromatic heterocycles. The monoisotopic (exact) mass is 254 g/mol. The van der Waals surface area contributed by atoms with Crippen molar-refractivity contribution < 1.29 is 4.79 Å². The van der Waals surface area contributed by atoms with Crippen LogP contribution in [0.25, 0.3) is 0 Å². The number of carbonyl (C=O) groups is 1. The molecule has 0 spiro atoms. The van der Waals surface area contributed by atoms with Crippen LogP contribution in [0.4, 0.5) is 0 Å². The minimum Gasteiger partial charge on any atom is -0.353 e. The van der Waals surface area contributed by atoms with Gasteiger partial charge in [-0.2, -0.15) is 0 Å². The van der Waals surface area contributed by atoms with Gasteiger partial charge in [0.15, 0.2) is 0 Å². The molecule has 2 atom stereocenters. The van der Waals surface area contributed by atoms with Gasteiger partial charge in [0.05, 0.1) is 0 Å². The number of rotatable bonds is 6. The van der Waals surface area contributed by atoms with E-state index in [1.807, 2.05) is 0 Å². The highest BCUT2D eigenvalue weighted by atomic mass is 16.1. The molecule has 1 aliphatic rings. The van der Waals surface area contributed by atoms with E-state index in [0.29, 0.717) is 18.4 Å². The zero-order valence-electron chi connectivity index (χ0n) is 12.3. The second-order valence-electron chi connectivity index (χ2n) is 5.77. The van der Waals surface area contributed by atoms with E-state index in [-0.39, 0.29) is 11.9 Å². The molecule has 0 aromatic rings. The van der Waals surface area contributed by atoms with Crippen molar-refractivity contribution in [3.8, 4) is 0 Å². The van der Waals surface area contributed by atoms with Gasteiger partial charge in [0.2, 0.25) is 5.91 Å². The number of hydrogen-bond acceptors (Lipinski definition) is 2. The number of carbonyl (C=O) groups excluding carboxylic acids is 1. The van der Waals surface area contributed by atoms with Crippen LogP contribution in [0.2, 0.25) is 0 Å². The molecule has 2 N–H and O–H groups in total. The third-order valence-corrected chi connectivity index (χ3v) is 4.04. The average molecular weight is 254 g/mol. The number of amides is 1. The van der Waals surface area contributed by atoms with Crippen molar-refractivity contribution in [1.82, 2.24) is 10.6 Å². The second kappa shape index (κ2) is 8.52. The molecule has 0 saturated heterocycles. The van der Waals surface area contributed by atoms with Crippen molar-refractivity contribution in [3.63, 3.8) is 0 Å². The molecular formula is C15H30N2O. The van der Waals surface area contributed by atoms with E-state index < -0.39 is 0 Å². The SMILES string of the molecule is CCNC(C)CC(=O)N[C@H](C)C1CCCCCC1. The van der Waals surface area contributed by atoms with Crippen molar-refractivity contribution in [2.45, 2.75) is 77.8 Å². The molecule has 0 bridgehead atoms. The largest absolute Gasteiger partial charge is 0.353 e. The van der Waals surface area contributed by atoms with E-state index in [4.69, 9.17) is 0 Å². The summed E-state index contributed by atoms with van der Waals surface area (Å²) in [6, 6.07) is 0.612. The lowest BCUT2D eigenvalue weighted by molar-refractivity contribution is -0.122. The summed E-state index contributed by atoms with van der Waals surface area (Å²) in [5.41, 5.74) is 0. The summed E-state index contributed by atoms with van der Waals surface area (Å²) in [5, 5.41) is 6.47. The molecule has 1 unspecified atom stereocenters. The fraction of sp³-hybridized carbons (Fsp3) is 0.933. The molecule has 0 radical (unpaired) electrons. The third-order valence-electron chi connectivity index (χ3n) is 4.04. The molecule has 0 heterocycles. The maximum absolute atomic E-state index is 11.9. The Balaban J connectivity index is 2.29. The molecular weight excluding hydrogens is 224 g/mol. The summed E-state index contributed by atoms with van der Waals surface area (Å²) in [6.07, 6.45) is 8.56. The third kappa shape index (κ3) is 5.85. The highest BCUT2D eigenvalue weighted by Crippen LogP contribution is 2.25. The van der Waals surface area contributed by atoms with E-state index in [1.165, 1.54) is 38.5 Å². The molecule has 0 aliphatic heterocycles. The van der Waals surface area contributed by atoms with E-state index in [2.05, 4.69) is 31.4 Å². The van der Waals surface area contributed by atoms with Crippen LogP contribution in [0.5, 0.6) is 0 Å². The first-order valence-electron chi connectivity index (χ1n) is 7.66. The smallest absolute Gasteiger partial charge is 0.221 e. The second-order valence-corrected chi connectivity index (χ2v) is 5.77. The zero-order valence-corrected chi connectivity index (χ0v) is 12.3. The van der Waals surface area contributed by atoms with E-state index in [1.54, 1.807) is 0 Å². The topological polar surface area (TPSA) is 41.1 Å². The summed E-state index contributed by atoms with van der Waals surface area (Å²) in [6.45, 7) is 7.24. The first kappa shape index (κ1) is 15.5. The fourth-order valence-corrected chi connectivity index (χ4v) is 2.94.